The molecule has 0 bridgehead atoms. The number of carbonyl (C=O) groups excluding carboxylic acids is 2. The second kappa shape index (κ2) is 8.47. The first kappa shape index (κ1) is 22.1. The van der Waals surface area contributed by atoms with Crippen molar-refractivity contribution in [3.05, 3.63) is 59.9 Å². The van der Waals surface area contributed by atoms with Crippen LogP contribution in [0.1, 0.15) is 29.8 Å². The molecule has 3 heterocycles. The largest absolute Gasteiger partial charge is 0.314 e. The zero-order valence-corrected chi connectivity index (χ0v) is 18.9. The van der Waals surface area contributed by atoms with Gasteiger partial charge in [0.25, 0.3) is 21.8 Å². The fraction of sp³-hybridized carbons (Fsp3) is 0.250. The second-order valence-corrected chi connectivity index (χ2v) is 10.7. The third-order valence-corrected chi connectivity index (χ3v) is 8.57. The summed E-state index contributed by atoms with van der Waals surface area (Å²) in [4.78, 5) is 24.7. The van der Waals surface area contributed by atoms with E-state index in [1.165, 1.54) is 0 Å². The smallest absolute Gasteiger partial charge is 0.262 e. The fourth-order valence-electron chi connectivity index (χ4n) is 3.61. The third-order valence-electron chi connectivity index (χ3n) is 5.10. The van der Waals surface area contributed by atoms with Crippen molar-refractivity contribution in [1.29, 1.82) is 0 Å². The van der Waals surface area contributed by atoms with Crippen molar-refractivity contribution in [1.82, 2.24) is 19.6 Å². The van der Waals surface area contributed by atoms with E-state index in [1.807, 2.05) is 0 Å². The summed E-state index contributed by atoms with van der Waals surface area (Å²) in [5, 5.41) is 16.3. The van der Waals surface area contributed by atoms with Gasteiger partial charge in [0.1, 0.15) is 10.3 Å². The minimum absolute atomic E-state index is 0.0150. The molecule has 0 fully saturated rings. The minimum atomic E-state index is -3.94. The van der Waals surface area contributed by atoms with E-state index in [4.69, 9.17) is 5.21 Å². The second-order valence-electron chi connectivity index (χ2n) is 7.59. The maximum absolute atomic E-state index is 13.0. The Morgan fingerprint density at radius 3 is 2.50 bits per heavy atom. The molecule has 1 aliphatic rings. The highest BCUT2D eigenvalue weighted by molar-refractivity contribution is 7.91. The Morgan fingerprint density at radius 1 is 1.22 bits per heavy atom. The van der Waals surface area contributed by atoms with Gasteiger partial charge >= 0.3 is 0 Å². The fourth-order valence-corrected chi connectivity index (χ4v) is 7.00. The average Bonchev–Trinajstić information content (AvgIpc) is 3.47. The first-order valence-electron chi connectivity index (χ1n) is 9.72. The summed E-state index contributed by atoms with van der Waals surface area (Å²) in [5.74, 6) is -1.51. The van der Waals surface area contributed by atoms with Crippen LogP contribution < -0.4 is 10.8 Å². The Balaban J connectivity index is 1.51. The third kappa shape index (κ3) is 3.93. The van der Waals surface area contributed by atoms with Crippen molar-refractivity contribution in [2.24, 2.45) is 5.92 Å². The van der Waals surface area contributed by atoms with Gasteiger partial charge in [0.05, 0.1) is 10.7 Å². The number of sulfonamides is 1. The van der Waals surface area contributed by atoms with Gasteiger partial charge in [-0.1, -0.05) is 13.8 Å². The quantitative estimate of drug-likeness (QED) is 0.370. The first-order valence-corrected chi connectivity index (χ1v) is 12.0. The predicted octanol–water partition coefficient (Wildman–Crippen LogP) is 2.22. The van der Waals surface area contributed by atoms with Crippen LogP contribution in [0.5, 0.6) is 0 Å². The monoisotopic (exact) mass is 475 g/mol. The summed E-state index contributed by atoms with van der Waals surface area (Å²) >= 11 is 0.935. The number of rotatable bonds is 6. The molecule has 3 aromatic rings. The standard InChI is InChI=1S/C20H21N5O5S2/c1-12(2)17(19(27)23-28)25-11-14-10-16(31-20(14)32(25,29)30)22-18(26)13-4-6-15(7-5-13)24-9-3-8-21-24/h3-10,12,17,28H,11H2,1-2H3,(H,22,26)(H,23,27). The minimum Gasteiger partial charge on any atom is -0.314 e. The number of anilines is 1. The van der Waals surface area contributed by atoms with E-state index in [9.17, 15) is 18.0 Å². The normalized spacial score (nSPS) is 16.0. The lowest BCUT2D eigenvalue weighted by molar-refractivity contribution is -0.134. The highest BCUT2D eigenvalue weighted by Crippen LogP contribution is 2.41. The highest BCUT2D eigenvalue weighted by atomic mass is 32.2. The maximum Gasteiger partial charge on any atom is 0.262 e. The lowest BCUT2D eigenvalue weighted by Crippen LogP contribution is -2.49. The number of nitrogens with zero attached hydrogens (tertiary/aromatic N) is 3. The van der Waals surface area contributed by atoms with E-state index in [2.05, 4.69) is 10.4 Å². The molecule has 0 radical (unpaired) electrons. The van der Waals surface area contributed by atoms with Crippen molar-refractivity contribution in [2.75, 3.05) is 5.32 Å². The predicted molar refractivity (Wildman–Crippen MR) is 117 cm³/mol. The molecule has 0 saturated heterocycles. The SMILES string of the molecule is CC(C)C(C(=O)NO)N1Cc2cc(NC(=O)c3ccc(-n4cccn4)cc3)sc2S1(=O)=O. The summed E-state index contributed by atoms with van der Waals surface area (Å²) in [5.41, 5.74) is 3.26. The molecular formula is C20H21N5O5S2. The van der Waals surface area contributed by atoms with Crippen LogP contribution in [0.15, 0.2) is 53.0 Å². The Bertz CT molecular complexity index is 1250. The highest BCUT2D eigenvalue weighted by Gasteiger charge is 2.45. The van der Waals surface area contributed by atoms with Crippen LogP contribution in [0.4, 0.5) is 5.00 Å². The van der Waals surface area contributed by atoms with Crippen LogP contribution in [0.2, 0.25) is 0 Å². The molecule has 12 heteroatoms. The molecule has 10 nitrogen and oxygen atoms in total. The van der Waals surface area contributed by atoms with E-state index in [0.29, 0.717) is 16.1 Å². The molecular weight excluding hydrogens is 454 g/mol. The van der Waals surface area contributed by atoms with Gasteiger partial charge in [-0.3, -0.25) is 14.8 Å². The van der Waals surface area contributed by atoms with Crippen LogP contribution in [-0.2, 0) is 21.4 Å². The Kier molecular flexibility index (Phi) is 5.86. The number of nitrogens with one attached hydrogen (secondary N) is 2. The van der Waals surface area contributed by atoms with Crippen molar-refractivity contribution in [3.63, 3.8) is 0 Å². The van der Waals surface area contributed by atoms with Gasteiger partial charge in [-0.15, -0.1) is 11.3 Å². The number of hydrogen-bond donors (Lipinski definition) is 3. The lowest BCUT2D eigenvalue weighted by Gasteiger charge is -2.27. The molecule has 0 aliphatic carbocycles. The van der Waals surface area contributed by atoms with Gasteiger partial charge in [-0.25, -0.2) is 18.6 Å². The molecule has 4 rings (SSSR count). The van der Waals surface area contributed by atoms with E-state index in [1.54, 1.807) is 72.8 Å². The van der Waals surface area contributed by atoms with Crippen molar-refractivity contribution in [2.45, 2.75) is 30.6 Å². The lowest BCUT2D eigenvalue weighted by atomic mass is 10.0. The van der Waals surface area contributed by atoms with E-state index in [0.717, 1.165) is 21.3 Å². The molecule has 1 atom stereocenters. The van der Waals surface area contributed by atoms with Gasteiger partial charge in [0, 0.05) is 30.1 Å². The topological polar surface area (TPSA) is 134 Å². The number of carbonyl (C=O) groups is 2. The summed E-state index contributed by atoms with van der Waals surface area (Å²) < 4.78 is 28.9. The van der Waals surface area contributed by atoms with Gasteiger partial charge in [0.15, 0.2) is 0 Å². The molecule has 1 aliphatic heterocycles. The average molecular weight is 476 g/mol. The Hall–Kier alpha value is -3.06. The van der Waals surface area contributed by atoms with Gasteiger partial charge in [-0.2, -0.15) is 9.40 Å². The van der Waals surface area contributed by atoms with Crippen molar-refractivity contribution < 1.29 is 23.2 Å². The number of fused-ring (bicyclic) bond motifs is 1. The number of aromatic nitrogens is 2. The number of hydroxylamine groups is 1. The van der Waals surface area contributed by atoms with Crippen LogP contribution in [0.25, 0.3) is 5.69 Å². The zero-order chi connectivity index (χ0) is 23.0. The number of hydrogen-bond acceptors (Lipinski definition) is 7. The van der Waals surface area contributed by atoms with Gasteiger partial charge in [0.2, 0.25) is 0 Å². The molecule has 1 aromatic carbocycles. The zero-order valence-electron chi connectivity index (χ0n) is 17.2. The van der Waals surface area contributed by atoms with Crippen molar-refractivity contribution in [3.8, 4) is 5.69 Å². The number of amides is 2. The van der Waals surface area contributed by atoms with Crippen molar-refractivity contribution >= 4 is 38.2 Å². The maximum atomic E-state index is 13.0. The van der Waals surface area contributed by atoms with E-state index in [-0.39, 0.29) is 22.6 Å². The summed E-state index contributed by atoms with van der Waals surface area (Å²) in [6.45, 7) is 3.38. The number of benzene rings is 1. The molecule has 1 unspecified atom stereocenters. The van der Waals surface area contributed by atoms with Crippen LogP contribution in [-0.4, -0.2) is 45.6 Å². The van der Waals surface area contributed by atoms with Crippen LogP contribution >= 0.6 is 11.3 Å². The number of thiophene rings is 1. The summed E-state index contributed by atoms with van der Waals surface area (Å²) in [6, 6.07) is 9.19. The summed E-state index contributed by atoms with van der Waals surface area (Å²) in [6.07, 6.45) is 3.45. The molecule has 0 saturated carbocycles. The molecule has 168 valence electrons. The molecule has 0 spiro atoms. The molecule has 32 heavy (non-hydrogen) atoms. The van der Waals surface area contributed by atoms with Crippen LogP contribution in [0.3, 0.4) is 0 Å². The van der Waals surface area contributed by atoms with Crippen LogP contribution in [0, 0.1) is 5.92 Å². The Labute approximate surface area is 188 Å². The summed E-state index contributed by atoms with van der Waals surface area (Å²) in [7, 11) is -3.94. The first-order chi connectivity index (χ1) is 15.2. The van der Waals surface area contributed by atoms with Gasteiger partial charge in [-0.05, 0) is 42.3 Å². The Morgan fingerprint density at radius 2 is 1.94 bits per heavy atom. The molecule has 2 aromatic heterocycles. The van der Waals surface area contributed by atoms with E-state index < -0.39 is 22.0 Å². The molecule has 2 amide bonds. The van der Waals surface area contributed by atoms with E-state index >= 15 is 0 Å². The van der Waals surface area contributed by atoms with Gasteiger partial charge < -0.3 is 5.32 Å². The molecule has 3 N–H and O–H groups in total.